The van der Waals surface area contributed by atoms with Crippen LogP contribution in [0.4, 0.5) is 8.78 Å². The fourth-order valence-electron chi connectivity index (χ4n) is 2.27. The van der Waals surface area contributed by atoms with Crippen LogP contribution in [-0.4, -0.2) is 5.92 Å². The smallest absolute Gasteiger partial charge is 0.202 e. The SMILES string of the molecule is CCc1ccc(C2=CC(C(C)(F)F)=CCC(C)=C2)cc1. The van der Waals surface area contributed by atoms with Crippen LogP contribution in [-0.2, 0) is 6.42 Å². The summed E-state index contributed by atoms with van der Waals surface area (Å²) < 4.78 is 27.2. The van der Waals surface area contributed by atoms with Crippen molar-refractivity contribution in [2.75, 3.05) is 0 Å². The topological polar surface area (TPSA) is 0 Å². The molecule has 0 saturated carbocycles. The number of allylic oxidation sites excluding steroid dienone is 6. The van der Waals surface area contributed by atoms with Crippen molar-refractivity contribution < 1.29 is 8.78 Å². The Morgan fingerprint density at radius 1 is 1.10 bits per heavy atom. The van der Waals surface area contributed by atoms with E-state index in [1.165, 1.54) is 5.56 Å². The van der Waals surface area contributed by atoms with Crippen LogP contribution in [0.2, 0.25) is 0 Å². The molecule has 2 rings (SSSR count). The van der Waals surface area contributed by atoms with Gasteiger partial charge in [-0.25, -0.2) is 8.78 Å². The molecular weight excluding hydrogens is 254 g/mol. The van der Waals surface area contributed by atoms with E-state index in [-0.39, 0.29) is 5.57 Å². The van der Waals surface area contributed by atoms with Crippen molar-refractivity contribution in [3.63, 3.8) is 0 Å². The second kappa shape index (κ2) is 5.74. The van der Waals surface area contributed by atoms with Crippen LogP contribution in [0.15, 0.2) is 53.6 Å². The quantitative estimate of drug-likeness (QED) is 0.676. The van der Waals surface area contributed by atoms with Gasteiger partial charge >= 0.3 is 0 Å². The van der Waals surface area contributed by atoms with Crippen molar-refractivity contribution >= 4 is 5.57 Å². The van der Waals surface area contributed by atoms with Crippen molar-refractivity contribution in [3.05, 3.63) is 64.8 Å². The largest absolute Gasteiger partial charge is 0.270 e. The van der Waals surface area contributed by atoms with Gasteiger partial charge in [0.05, 0.1) is 0 Å². The van der Waals surface area contributed by atoms with Crippen LogP contribution in [0.3, 0.4) is 0 Å². The molecule has 0 aromatic heterocycles. The highest BCUT2D eigenvalue weighted by Gasteiger charge is 2.26. The van der Waals surface area contributed by atoms with E-state index in [2.05, 4.69) is 19.1 Å². The zero-order valence-electron chi connectivity index (χ0n) is 12.2. The van der Waals surface area contributed by atoms with Crippen LogP contribution < -0.4 is 0 Å². The highest BCUT2D eigenvalue weighted by atomic mass is 19.3. The Balaban J connectivity index is 2.43. The summed E-state index contributed by atoms with van der Waals surface area (Å²) in [5, 5.41) is 0. The number of hydrogen-bond donors (Lipinski definition) is 0. The molecule has 0 atom stereocenters. The van der Waals surface area contributed by atoms with E-state index in [4.69, 9.17) is 0 Å². The van der Waals surface area contributed by atoms with Crippen LogP contribution in [0.25, 0.3) is 5.57 Å². The van der Waals surface area contributed by atoms with E-state index in [0.29, 0.717) is 6.42 Å². The van der Waals surface area contributed by atoms with Gasteiger partial charge in [-0.05, 0) is 42.5 Å². The van der Waals surface area contributed by atoms with Gasteiger partial charge in [0.25, 0.3) is 5.92 Å². The van der Waals surface area contributed by atoms with Gasteiger partial charge in [0.15, 0.2) is 0 Å². The molecule has 1 aromatic rings. The minimum Gasteiger partial charge on any atom is -0.202 e. The molecule has 0 amide bonds. The molecular formula is C18H20F2. The molecule has 0 radical (unpaired) electrons. The Kier molecular flexibility index (Phi) is 4.22. The monoisotopic (exact) mass is 274 g/mol. The van der Waals surface area contributed by atoms with Gasteiger partial charge in [-0.2, -0.15) is 0 Å². The zero-order valence-corrected chi connectivity index (χ0v) is 12.2. The number of hydrogen-bond acceptors (Lipinski definition) is 0. The van der Waals surface area contributed by atoms with Gasteiger partial charge in [0, 0.05) is 12.5 Å². The summed E-state index contributed by atoms with van der Waals surface area (Å²) in [7, 11) is 0. The molecule has 106 valence electrons. The standard InChI is InChI=1S/C18H20F2/c1-4-14-6-8-15(9-7-14)16-11-13(2)5-10-17(12-16)18(3,19)20/h6-12H,4-5H2,1-3H3. The molecule has 0 heterocycles. The van der Waals surface area contributed by atoms with Gasteiger partial charge < -0.3 is 0 Å². The number of aryl methyl sites for hydroxylation is 1. The molecule has 1 aromatic carbocycles. The Morgan fingerprint density at radius 3 is 2.30 bits per heavy atom. The van der Waals surface area contributed by atoms with E-state index in [0.717, 1.165) is 30.1 Å². The van der Waals surface area contributed by atoms with E-state index in [1.54, 1.807) is 12.2 Å². The Hall–Kier alpha value is -1.70. The first kappa shape index (κ1) is 14.7. The van der Waals surface area contributed by atoms with Crippen molar-refractivity contribution in [1.82, 2.24) is 0 Å². The van der Waals surface area contributed by atoms with Crippen LogP contribution in [0.1, 0.15) is 38.3 Å². The average Bonchev–Trinajstić information content (AvgIpc) is 2.60. The van der Waals surface area contributed by atoms with Crippen molar-refractivity contribution in [2.45, 2.75) is 39.5 Å². The fourth-order valence-corrected chi connectivity index (χ4v) is 2.27. The van der Waals surface area contributed by atoms with E-state index >= 15 is 0 Å². The molecule has 1 aliphatic rings. The zero-order chi connectivity index (χ0) is 14.8. The van der Waals surface area contributed by atoms with Gasteiger partial charge in [0.2, 0.25) is 0 Å². The lowest BCUT2D eigenvalue weighted by molar-refractivity contribution is 0.0673. The lowest BCUT2D eigenvalue weighted by Crippen LogP contribution is -2.12. The van der Waals surface area contributed by atoms with Gasteiger partial charge in [0.1, 0.15) is 0 Å². The third-order valence-corrected chi connectivity index (χ3v) is 3.56. The fraction of sp³-hybridized carbons (Fsp3) is 0.333. The first-order chi connectivity index (χ1) is 9.40. The Bertz CT molecular complexity index is 566. The lowest BCUT2D eigenvalue weighted by Gasteiger charge is -2.12. The molecule has 0 saturated heterocycles. The van der Waals surface area contributed by atoms with E-state index < -0.39 is 5.92 Å². The maximum Gasteiger partial charge on any atom is 0.270 e. The van der Waals surface area contributed by atoms with Crippen LogP contribution in [0, 0.1) is 0 Å². The molecule has 1 aliphatic carbocycles. The summed E-state index contributed by atoms with van der Waals surface area (Å²) in [6, 6.07) is 8.12. The lowest BCUT2D eigenvalue weighted by atomic mass is 9.99. The van der Waals surface area contributed by atoms with Crippen molar-refractivity contribution in [3.8, 4) is 0 Å². The summed E-state index contributed by atoms with van der Waals surface area (Å²) in [6.45, 7) is 5.03. The highest BCUT2D eigenvalue weighted by Crippen LogP contribution is 2.32. The molecule has 0 nitrogen and oxygen atoms in total. The molecule has 20 heavy (non-hydrogen) atoms. The third kappa shape index (κ3) is 3.44. The molecule has 0 N–H and O–H groups in total. The predicted molar refractivity (Wildman–Crippen MR) is 80.9 cm³/mol. The average molecular weight is 274 g/mol. The molecule has 0 fully saturated rings. The number of benzene rings is 1. The number of rotatable bonds is 3. The summed E-state index contributed by atoms with van der Waals surface area (Å²) in [5.41, 5.74) is 4.28. The highest BCUT2D eigenvalue weighted by molar-refractivity contribution is 5.77. The second-order valence-electron chi connectivity index (χ2n) is 5.39. The van der Waals surface area contributed by atoms with E-state index in [9.17, 15) is 8.78 Å². The Labute approximate surface area is 119 Å². The molecule has 0 bridgehead atoms. The summed E-state index contributed by atoms with van der Waals surface area (Å²) in [5.74, 6) is -2.80. The maximum absolute atomic E-state index is 13.6. The van der Waals surface area contributed by atoms with Crippen LogP contribution >= 0.6 is 0 Å². The molecule has 0 unspecified atom stereocenters. The second-order valence-corrected chi connectivity index (χ2v) is 5.39. The van der Waals surface area contributed by atoms with Gasteiger partial charge in [-0.15, -0.1) is 0 Å². The van der Waals surface area contributed by atoms with Crippen molar-refractivity contribution in [2.24, 2.45) is 0 Å². The molecule has 0 aliphatic heterocycles. The first-order valence-corrected chi connectivity index (χ1v) is 6.97. The molecule has 2 heteroatoms. The number of alkyl halides is 2. The van der Waals surface area contributed by atoms with Crippen molar-refractivity contribution in [1.29, 1.82) is 0 Å². The summed E-state index contributed by atoms with van der Waals surface area (Å²) in [6.07, 6.45) is 6.78. The summed E-state index contributed by atoms with van der Waals surface area (Å²) in [4.78, 5) is 0. The number of halogens is 2. The predicted octanol–water partition coefficient (Wildman–Crippen LogP) is 5.56. The van der Waals surface area contributed by atoms with Gasteiger partial charge in [-0.1, -0.05) is 48.9 Å². The molecule has 0 spiro atoms. The van der Waals surface area contributed by atoms with E-state index in [1.807, 2.05) is 25.1 Å². The third-order valence-electron chi connectivity index (χ3n) is 3.56. The maximum atomic E-state index is 13.6. The minimum absolute atomic E-state index is 0.0974. The minimum atomic E-state index is -2.80. The van der Waals surface area contributed by atoms with Crippen LogP contribution in [0.5, 0.6) is 0 Å². The Morgan fingerprint density at radius 2 is 1.75 bits per heavy atom. The normalized spacial score (nSPS) is 16.1. The first-order valence-electron chi connectivity index (χ1n) is 6.97. The summed E-state index contributed by atoms with van der Waals surface area (Å²) >= 11 is 0. The van der Waals surface area contributed by atoms with Gasteiger partial charge in [-0.3, -0.25) is 0 Å².